The lowest BCUT2D eigenvalue weighted by Crippen LogP contribution is -2.28. The van der Waals surface area contributed by atoms with Crippen molar-refractivity contribution in [3.63, 3.8) is 0 Å². The number of hydrogen-bond donors (Lipinski definition) is 0. The molecule has 0 N–H and O–H groups in total. The Morgan fingerprint density at radius 3 is 1.59 bits per heavy atom. The van der Waals surface area contributed by atoms with Crippen molar-refractivity contribution in [1.29, 1.82) is 0 Å². The molecular formula is C53H33NO2. The van der Waals surface area contributed by atoms with Gasteiger partial charge in [0.1, 0.15) is 22.3 Å². The highest BCUT2D eigenvalue weighted by molar-refractivity contribution is 6.35. The summed E-state index contributed by atoms with van der Waals surface area (Å²) in [4.78, 5) is 2.41. The van der Waals surface area contributed by atoms with E-state index in [1.807, 2.05) is 12.1 Å². The molecule has 0 amide bonds. The van der Waals surface area contributed by atoms with Crippen LogP contribution >= 0.6 is 0 Å². The standard InChI is InChI=1S/C53H33NO2/c1-4-17-34(18-5-1)53(35-19-6-2-7-20-35)43-27-13-10-23-38(43)39-32-31-37(33-44(39)53)54(36-21-8-3-9-22-36)45-28-16-26-42-48-40-24-11-14-29-46(40)55-51(48)50-41-25-12-15-30-47(41)56-52(50)49(42)45/h1-33H. The second kappa shape index (κ2) is 11.8. The topological polar surface area (TPSA) is 29.5 Å². The molecule has 56 heavy (non-hydrogen) atoms. The normalized spacial score (nSPS) is 13.1. The Balaban J connectivity index is 1.21. The van der Waals surface area contributed by atoms with Crippen LogP contribution in [0.3, 0.4) is 0 Å². The van der Waals surface area contributed by atoms with Gasteiger partial charge in [-0.2, -0.15) is 0 Å². The lowest BCUT2D eigenvalue weighted by molar-refractivity contribution is 0.665. The first-order chi connectivity index (χ1) is 27.8. The Morgan fingerprint density at radius 2 is 0.893 bits per heavy atom. The van der Waals surface area contributed by atoms with Gasteiger partial charge in [0.05, 0.1) is 21.9 Å². The first kappa shape index (κ1) is 31.0. The summed E-state index contributed by atoms with van der Waals surface area (Å²) in [6, 6.07) is 72.0. The molecule has 2 heterocycles. The van der Waals surface area contributed by atoms with Crippen molar-refractivity contribution in [2.75, 3.05) is 4.90 Å². The predicted octanol–water partition coefficient (Wildman–Crippen LogP) is 14.5. The molecule has 262 valence electrons. The molecule has 0 unspecified atom stereocenters. The first-order valence-electron chi connectivity index (χ1n) is 19.2. The second-order valence-corrected chi connectivity index (χ2v) is 14.7. The van der Waals surface area contributed by atoms with Crippen LogP contribution in [0.4, 0.5) is 17.1 Å². The van der Waals surface area contributed by atoms with Crippen LogP contribution in [0.2, 0.25) is 0 Å². The van der Waals surface area contributed by atoms with Gasteiger partial charge in [-0.15, -0.1) is 0 Å². The fourth-order valence-electron chi connectivity index (χ4n) is 9.69. The Labute approximate surface area is 323 Å². The number of fused-ring (bicyclic) bond motifs is 13. The van der Waals surface area contributed by atoms with Crippen LogP contribution in [0.5, 0.6) is 0 Å². The molecule has 0 fully saturated rings. The summed E-state index contributed by atoms with van der Waals surface area (Å²) in [6.45, 7) is 0. The number of furan rings is 2. The average molecular weight is 716 g/mol. The van der Waals surface area contributed by atoms with Crippen LogP contribution in [0.1, 0.15) is 22.3 Å². The van der Waals surface area contributed by atoms with E-state index in [0.717, 1.165) is 71.7 Å². The van der Waals surface area contributed by atoms with Crippen molar-refractivity contribution in [1.82, 2.24) is 0 Å². The summed E-state index contributed by atoms with van der Waals surface area (Å²) in [6.07, 6.45) is 0. The van der Waals surface area contributed by atoms with Crippen LogP contribution in [0, 0.1) is 0 Å². The number of anilines is 3. The molecule has 11 aromatic rings. The molecule has 1 aliphatic carbocycles. The predicted molar refractivity (Wildman–Crippen MR) is 230 cm³/mol. The molecule has 3 heteroatoms. The Hall–Kier alpha value is -7.36. The zero-order valence-corrected chi connectivity index (χ0v) is 30.3. The largest absolute Gasteiger partial charge is 0.455 e. The van der Waals surface area contributed by atoms with E-state index in [1.165, 1.54) is 33.4 Å². The number of rotatable bonds is 5. The first-order valence-corrected chi connectivity index (χ1v) is 19.2. The van der Waals surface area contributed by atoms with Gasteiger partial charge in [-0.25, -0.2) is 0 Å². The minimum Gasteiger partial charge on any atom is -0.455 e. The molecule has 9 aromatic carbocycles. The van der Waals surface area contributed by atoms with Gasteiger partial charge in [0.25, 0.3) is 0 Å². The molecule has 0 radical (unpaired) electrons. The molecule has 12 rings (SSSR count). The maximum Gasteiger partial charge on any atom is 0.149 e. The van der Waals surface area contributed by atoms with Gasteiger partial charge in [0.15, 0.2) is 0 Å². The maximum atomic E-state index is 6.91. The van der Waals surface area contributed by atoms with Crippen LogP contribution < -0.4 is 4.90 Å². The molecule has 0 atom stereocenters. The van der Waals surface area contributed by atoms with Gasteiger partial charge in [0.2, 0.25) is 0 Å². The summed E-state index contributed by atoms with van der Waals surface area (Å²) >= 11 is 0. The summed E-state index contributed by atoms with van der Waals surface area (Å²) in [5.74, 6) is 0. The molecule has 0 spiro atoms. The number of nitrogens with zero attached hydrogens (tertiary/aromatic N) is 1. The molecule has 0 saturated carbocycles. The van der Waals surface area contributed by atoms with Crippen LogP contribution in [0.15, 0.2) is 209 Å². The van der Waals surface area contributed by atoms with E-state index in [2.05, 4.69) is 193 Å². The van der Waals surface area contributed by atoms with E-state index >= 15 is 0 Å². The smallest absolute Gasteiger partial charge is 0.149 e. The zero-order chi connectivity index (χ0) is 36.8. The van der Waals surface area contributed by atoms with E-state index in [1.54, 1.807) is 0 Å². The highest BCUT2D eigenvalue weighted by atomic mass is 16.3. The summed E-state index contributed by atoms with van der Waals surface area (Å²) in [5.41, 5.74) is 13.5. The van der Waals surface area contributed by atoms with Crippen molar-refractivity contribution >= 4 is 71.7 Å². The van der Waals surface area contributed by atoms with E-state index < -0.39 is 5.41 Å². The molecule has 0 saturated heterocycles. The summed E-state index contributed by atoms with van der Waals surface area (Å²) < 4.78 is 13.6. The lowest BCUT2D eigenvalue weighted by atomic mass is 9.67. The van der Waals surface area contributed by atoms with Gasteiger partial charge in [-0.05, 0) is 81.2 Å². The minimum absolute atomic E-state index is 0.528. The third kappa shape index (κ3) is 4.17. The third-order valence-corrected chi connectivity index (χ3v) is 11.9. The van der Waals surface area contributed by atoms with Gasteiger partial charge in [0, 0.05) is 27.5 Å². The highest BCUT2D eigenvalue weighted by Gasteiger charge is 2.46. The number of para-hydroxylation sites is 3. The van der Waals surface area contributed by atoms with Crippen molar-refractivity contribution in [2.24, 2.45) is 0 Å². The molecule has 0 aliphatic heterocycles. The number of hydrogen-bond acceptors (Lipinski definition) is 3. The monoisotopic (exact) mass is 715 g/mol. The fraction of sp³-hybridized carbons (Fsp3) is 0.0189. The average Bonchev–Trinajstić information content (AvgIpc) is 3.94. The van der Waals surface area contributed by atoms with E-state index in [4.69, 9.17) is 8.83 Å². The Bertz CT molecular complexity index is 3270. The van der Waals surface area contributed by atoms with Crippen LogP contribution in [-0.4, -0.2) is 0 Å². The molecule has 0 bridgehead atoms. The van der Waals surface area contributed by atoms with E-state index in [0.29, 0.717) is 0 Å². The Kier molecular flexibility index (Phi) is 6.55. The van der Waals surface area contributed by atoms with Crippen molar-refractivity contribution in [3.8, 4) is 11.1 Å². The molecule has 3 nitrogen and oxygen atoms in total. The Morgan fingerprint density at radius 1 is 0.357 bits per heavy atom. The second-order valence-electron chi connectivity index (χ2n) is 14.7. The van der Waals surface area contributed by atoms with Gasteiger partial charge in [-0.3, -0.25) is 0 Å². The van der Waals surface area contributed by atoms with Gasteiger partial charge < -0.3 is 13.7 Å². The minimum atomic E-state index is -0.528. The van der Waals surface area contributed by atoms with Gasteiger partial charge in [-0.1, -0.05) is 158 Å². The zero-order valence-electron chi connectivity index (χ0n) is 30.3. The maximum absolute atomic E-state index is 6.91. The number of benzene rings is 9. The quantitative estimate of drug-likeness (QED) is 0.178. The summed E-state index contributed by atoms with van der Waals surface area (Å²) in [5, 5.41) is 6.36. The van der Waals surface area contributed by atoms with E-state index in [-0.39, 0.29) is 0 Å². The SMILES string of the molecule is c1ccc(N(c2ccc3c(c2)C(c2ccccc2)(c2ccccc2)c2ccccc2-3)c2cccc3c2c2oc4ccccc4c2c2oc4ccccc4c32)cc1. The fourth-order valence-corrected chi connectivity index (χ4v) is 9.69. The van der Waals surface area contributed by atoms with Crippen LogP contribution in [-0.2, 0) is 5.41 Å². The molecule has 1 aliphatic rings. The van der Waals surface area contributed by atoms with E-state index in [9.17, 15) is 0 Å². The van der Waals surface area contributed by atoms with Gasteiger partial charge >= 0.3 is 0 Å². The molecular weight excluding hydrogens is 683 g/mol. The van der Waals surface area contributed by atoms with Crippen molar-refractivity contribution < 1.29 is 8.83 Å². The third-order valence-electron chi connectivity index (χ3n) is 11.9. The summed E-state index contributed by atoms with van der Waals surface area (Å²) in [7, 11) is 0. The highest BCUT2D eigenvalue weighted by Crippen LogP contribution is 2.58. The molecule has 2 aromatic heterocycles. The van der Waals surface area contributed by atoms with Crippen LogP contribution in [0.25, 0.3) is 65.8 Å². The van der Waals surface area contributed by atoms with Crippen molar-refractivity contribution in [3.05, 3.63) is 222 Å². The lowest BCUT2D eigenvalue weighted by Gasteiger charge is -2.35. The van der Waals surface area contributed by atoms with Crippen molar-refractivity contribution in [2.45, 2.75) is 5.41 Å².